The number of allylic oxidation sites excluding steroid dienone is 1. The Balaban J connectivity index is 1.96. The first kappa shape index (κ1) is 11.8. The lowest BCUT2D eigenvalue weighted by atomic mass is 10.1. The van der Waals surface area contributed by atoms with Gasteiger partial charge in [0.25, 0.3) is 0 Å². The van der Waals surface area contributed by atoms with Gasteiger partial charge in [-0.15, -0.1) is 0 Å². The molecule has 0 bridgehead atoms. The lowest BCUT2D eigenvalue weighted by Crippen LogP contribution is -2.24. The summed E-state index contributed by atoms with van der Waals surface area (Å²) in [5, 5.41) is 0. The third-order valence-corrected chi connectivity index (χ3v) is 2.96. The highest BCUT2D eigenvalue weighted by molar-refractivity contribution is 6.04. The van der Waals surface area contributed by atoms with Crippen LogP contribution >= 0.6 is 0 Å². The van der Waals surface area contributed by atoms with Crippen molar-refractivity contribution in [2.24, 2.45) is 0 Å². The van der Waals surface area contributed by atoms with E-state index in [9.17, 15) is 9.18 Å². The van der Waals surface area contributed by atoms with E-state index < -0.39 is 0 Å². The Morgan fingerprint density at radius 2 is 1.76 bits per heavy atom. The molecule has 0 N–H and O–H groups in total. The number of likely N-dealkylation sites (tertiary alicyclic amines) is 1. The molecule has 0 aliphatic carbocycles. The normalized spacial score (nSPS) is 16.4. The van der Waals surface area contributed by atoms with E-state index in [1.54, 1.807) is 6.08 Å². The van der Waals surface area contributed by atoms with E-state index in [4.69, 9.17) is 0 Å². The molecule has 1 saturated heterocycles. The van der Waals surface area contributed by atoms with E-state index in [0.29, 0.717) is 5.56 Å². The highest BCUT2D eigenvalue weighted by Crippen LogP contribution is 2.10. The van der Waals surface area contributed by atoms with Gasteiger partial charge in [0.05, 0.1) is 0 Å². The van der Waals surface area contributed by atoms with Crippen molar-refractivity contribution in [1.82, 2.24) is 4.90 Å². The molecule has 17 heavy (non-hydrogen) atoms. The average Bonchev–Trinajstić information content (AvgIpc) is 2.38. The molecule has 1 aromatic carbocycles. The first-order chi connectivity index (χ1) is 8.25. The largest absolute Gasteiger partial charge is 0.377 e. The topological polar surface area (TPSA) is 20.3 Å². The van der Waals surface area contributed by atoms with Crippen LogP contribution in [0.15, 0.2) is 36.5 Å². The summed E-state index contributed by atoms with van der Waals surface area (Å²) in [6.07, 6.45) is 7.07. The number of ketones is 1. The summed E-state index contributed by atoms with van der Waals surface area (Å²) in [7, 11) is 0. The number of benzene rings is 1. The first-order valence-electron chi connectivity index (χ1n) is 5.98. The van der Waals surface area contributed by atoms with Crippen LogP contribution in [0.5, 0.6) is 0 Å². The summed E-state index contributed by atoms with van der Waals surface area (Å²) in [6.45, 7) is 2.04. The summed E-state index contributed by atoms with van der Waals surface area (Å²) in [6, 6.07) is 5.64. The van der Waals surface area contributed by atoms with E-state index in [1.807, 2.05) is 6.20 Å². The van der Waals surface area contributed by atoms with Crippen LogP contribution in [-0.2, 0) is 0 Å². The van der Waals surface area contributed by atoms with Crippen LogP contribution in [0.2, 0.25) is 0 Å². The number of carbonyl (C=O) groups is 1. The maximum Gasteiger partial charge on any atom is 0.187 e. The van der Waals surface area contributed by atoms with Crippen molar-refractivity contribution in [3.63, 3.8) is 0 Å². The molecule has 1 aliphatic heterocycles. The molecule has 1 fully saturated rings. The molecule has 0 atom stereocenters. The SMILES string of the molecule is O=C(C=CN1CCCCC1)c1ccc(F)cc1. The molecule has 0 aromatic heterocycles. The fraction of sp³-hybridized carbons (Fsp3) is 0.357. The van der Waals surface area contributed by atoms with Crippen molar-refractivity contribution in [2.75, 3.05) is 13.1 Å². The lowest BCUT2D eigenvalue weighted by molar-refractivity contribution is 0.104. The summed E-state index contributed by atoms with van der Waals surface area (Å²) >= 11 is 0. The number of rotatable bonds is 3. The molecule has 0 unspecified atom stereocenters. The van der Waals surface area contributed by atoms with Gasteiger partial charge in [-0.25, -0.2) is 4.39 Å². The van der Waals surface area contributed by atoms with Crippen LogP contribution in [0.3, 0.4) is 0 Å². The molecule has 2 nitrogen and oxygen atoms in total. The van der Waals surface area contributed by atoms with Gasteiger partial charge in [0.15, 0.2) is 5.78 Å². The fourth-order valence-electron chi connectivity index (χ4n) is 1.95. The van der Waals surface area contributed by atoms with Crippen LogP contribution in [-0.4, -0.2) is 23.8 Å². The maximum atomic E-state index is 12.7. The predicted octanol–water partition coefficient (Wildman–Crippen LogP) is 3.01. The highest BCUT2D eigenvalue weighted by Gasteiger charge is 2.06. The Labute approximate surface area is 101 Å². The quantitative estimate of drug-likeness (QED) is 0.591. The second-order valence-electron chi connectivity index (χ2n) is 4.28. The van der Waals surface area contributed by atoms with Gasteiger partial charge in [0.1, 0.15) is 5.82 Å². The minimum atomic E-state index is -0.318. The molecule has 0 radical (unpaired) electrons. The summed E-state index contributed by atoms with van der Waals surface area (Å²) < 4.78 is 12.7. The third-order valence-electron chi connectivity index (χ3n) is 2.96. The fourth-order valence-corrected chi connectivity index (χ4v) is 1.95. The first-order valence-corrected chi connectivity index (χ1v) is 5.98. The Morgan fingerprint density at radius 3 is 2.41 bits per heavy atom. The zero-order chi connectivity index (χ0) is 12.1. The Hall–Kier alpha value is -1.64. The number of hydrogen-bond acceptors (Lipinski definition) is 2. The van der Waals surface area contributed by atoms with Crippen molar-refractivity contribution >= 4 is 5.78 Å². The molecule has 0 saturated carbocycles. The van der Waals surface area contributed by atoms with Gasteiger partial charge in [-0.05, 0) is 43.5 Å². The van der Waals surface area contributed by atoms with Gasteiger partial charge < -0.3 is 4.90 Å². The Kier molecular flexibility index (Phi) is 3.91. The van der Waals surface area contributed by atoms with Crippen LogP contribution in [0.4, 0.5) is 4.39 Å². The molecule has 2 rings (SSSR count). The second-order valence-corrected chi connectivity index (χ2v) is 4.28. The van der Waals surface area contributed by atoms with Crippen molar-refractivity contribution in [3.05, 3.63) is 47.9 Å². The van der Waals surface area contributed by atoms with Crippen molar-refractivity contribution < 1.29 is 9.18 Å². The van der Waals surface area contributed by atoms with E-state index in [1.165, 1.54) is 43.5 Å². The number of hydrogen-bond donors (Lipinski definition) is 0. The number of halogens is 1. The minimum Gasteiger partial charge on any atom is -0.377 e. The van der Waals surface area contributed by atoms with Crippen molar-refractivity contribution in [3.8, 4) is 0 Å². The van der Waals surface area contributed by atoms with Crippen LogP contribution < -0.4 is 0 Å². The lowest BCUT2D eigenvalue weighted by Gasteiger charge is -2.24. The summed E-state index contributed by atoms with van der Waals surface area (Å²) in [4.78, 5) is 13.9. The molecule has 3 heteroatoms. The maximum absolute atomic E-state index is 12.7. The zero-order valence-corrected chi connectivity index (χ0v) is 9.73. The Bertz CT molecular complexity index is 405. The molecule has 0 amide bonds. The van der Waals surface area contributed by atoms with Crippen LogP contribution in [0, 0.1) is 5.82 Å². The predicted molar refractivity (Wildman–Crippen MR) is 65.3 cm³/mol. The van der Waals surface area contributed by atoms with Gasteiger partial charge in [-0.1, -0.05) is 0 Å². The van der Waals surface area contributed by atoms with Gasteiger partial charge in [0.2, 0.25) is 0 Å². The monoisotopic (exact) mass is 233 g/mol. The molecule has 90 valence electrons. The standard InChI is InChI=1S/C14H16FNO/c15-13-6-4-12(5-7-13)14(17)8-11-16-9-2-1-3-10-16/h4-8,11H,1-3,9-10H2. The van der Waals surface area contributed by atoms with E-state index in [-0.39, 0.29) is 11.6 Å². The highest BCUT2D eigenvalue weighted by atomic mass is 19.1. The van der Waals surface area contributed by atoms with Gasteiger partial charge in [-0.3, -0.25) is 4.79 Å². The molecule has 1 heterocycles. The molecule has 0 spiro atoms. The van der Waals surface area contributed by atoms with E-state index >= 15 is 0 Å². The van der Waals surface area contributed by atoms with Gasteiger partial charge in [0, 0.05) is 30.9 Å². The Morgan fingerprint density at radius 1 is 1.12 bits per heavy atom. The second kappa shape index (κ2) is 5.62. The smallest absolute Gasteiger partial charge is 0.187 e. The molecular formula is C14H16FNO. The van der Waals surface area contributed by atoms with Gasteiger partial charge in [-0.2, -0.15) is 0 Å². The number of carbonyl (C=O) groups excluding carboxylic acids is 1. The molecular weight excluding hydrogens is 217 g/mol. The third kappa shape index (κ3) is 3.41. The molecule has 1 aromatic rings. The average molecular weight is 233 g/mol. The van der Waals surface area contributed by atoms with Crippen molar-refractivity contribution in [1.29, 1.82) is 0 Å². The van der Waals surface area contributed by atoms with Gasteiger partial charge >= 0.3 is 0 Å². The minimum absolute atomic E-state index is 0.0735. The zero-order valence-electron chi connectivity index (χ0n) is 9.73. The van der Waals surface area contributed by atoms with E-state index in [2.05, 4.69) is 4.90 Å². The summed E-state index contributed by atoms with van der Waals surface area (Å²) in [5.41, 5.74) is 0.527. The van der Waals surface area contributed by atoms with E-state index in [0.717, 1.165) is 13.1 Å². The van der Waals surface area contributed by atoms with Crippen molar-refractivity contribution in [2.45, 2.75) is 19.3 Å². The number of nitrogens with zero attached hydrogens (tertiary/aromatic N) is 1. The van der Waals surface area contributed by atoms with Crippen LogP contribution in [0.25, 0.3) is 0 Å². The number of piperidine rings is 1. The molecule has 1 aliphatic rings. The summed E-state index contributed by atoms with van der Waals surface area (Å²) in [5.74, 6) is -0.392. The van der Waals surface area contributed by atoms with Crippen LogP contribution in [0.1, 0.15) is 29.6 Å².